The van der Waals surface area contributed by atoms with Gasteiger partial charge in [-0.05, 0) is 37.1 Å². The minimum Gasteiger partial charge on any atom is -0.451 e. The predicted molar refractivity (Wildman–Crippen MR) is 112 cm³/mol. The molecule has 1 N–H and O–H groups in total. The number of nitrogens with zero attached hydrogens (tertiary/aromatic N) is 2. The number of anilines is 1. The first kappa shape index (κ1) is 18.3. The molecule has 0 radical (unpaired) electrons. The number of rotatable bonds is 5. The molecule has 0 saturated heterocycles. The molecule has 5 nitrogen and oxygen atoms in total. The fourth-order valence-electron chi connectivity index (χ4n) is 3.10. The Morgan fingerprint density at radius 2 is 1.71 bits per heavy atom. The molecular formula is C22H19N3O2S. The third-order valence-electron chi connectivity index (χ3n) is 4.51. The van der Waals surface area contributed by atoms with Crippen LogP contribution in [0.25, 0.3) is 11.0 Å². The van der Waals surface area contributed by atoms with E-state index in [1.54, 1.807) is 18.5 Å². The minimum absolute atomic E-state index is 0.252. The highest BCUT2D eigenvalue weighted by Crippen LogP contribution is 2.32. The van der Waals surface area contributed by atoms with Gasteiger partial charge in [0.15, 0.2) is 10.9 Å². The van der Waals surface area contributed by atoms with Gasteiger partial charge in [-0.3, -0.25) is 4.79 Å². The molecule has 0 aliphatic rings. The second-order valence-electron chi connectivity index (χ2n) is 6.45. The van der Waals surface area contributed by atoms with Gasteiger partial charge >= 0.3 is 0 Å². The zero-order valence-electron chi connectivity index (χ0n) is 15.6. The first-order valence-corrected chi connectivity index (χ1v) is 9.90. The number of carbonyl (C=O) groups is 1. The van der Waals surface area contributed by atoms with E-state index < -0.39 is 0 Å². The average Bonchev–Trinajstić information content (AvgIpc) is 3.09. The van der Waals surface area contributed by atoms with Crippen LogP contribution in [-0.2, 0) is 5.75 Å². The Kier molecular flexibility index (Phi) is 5.12. The van der Waals surface area contributed by atoms with Crippen LogP contribution in [0.3, 0.4) is 0 Å². The number of hydrogen-bond donors (Lipinski definition) is 1. The summed E-state index contributed by atoms with van der Waals surface area (Å²) in [6.45, 7) is 3.95. The molecule has 1 amide bonds. The van der Waals surface area contributed by atoms with Crippen LogP contribution < -0.4 is 5.32 Å². The molecule has 4 rings (SSSR count). The Bertz CT molecular complexity index is 1120. The standard InChI is InChI=1S/C22H19N3O2S/c1-14-7-5-8-15(2)19(14)25-21(26)20-17(13-28-22-23-11-6-12-24-22)16-9-3-4-10-18(16)27-20/h3-12H,13H2,1-2H3,(H,25,26). The van der Waals surface area contributed by atoms with Crippen molar-refractivity contribution in [1.29, 1.82) is 0 Å². The summed E-state index contributed by atoms with van der Waals surface area (Å²) >= 11 is 1.47. The second kappa shape index (κ2) is 7.86. The van der Waals surface area contributed by atoms with E-state index in [2.05, 4.69) is 15.3 Å². The monoisotopic (exact) mass is 389 g/mol. The molecular weight excluding hydrogens is 370 g/mol. The van der Waals surface area contributed by atoms with E-state index in [0.29, 0.717) is 22.3 Å². The van der Waals surface area contributed by atoms with E-state index in [4.69, 9.17) is 4.42 Å². The van der Waals surface area contributed by atoms with Gasteiger partial charge in [0.2, 0.25) is 0 Å². The van der Waals surface area contributed by atoms with Crippen molar-refractivity contribution in [2.75, 3.05) is 5.32 Å². The molecule has 0 fully saturated rings. The van der Waals surface area contributed by atoms with E-state index >= 15 is 0 Å². The first-order chi connectivity index (χ1) is 13.6. The van der Waals surface area contributed by atoms with Crippen molar-refractivity contribution < 1.29 is 9.21 Å². The Hall–Kier alpha value is -3.12. The number of carbonyl (C=O) groups excluding carboxylic acids is 1. The number of para-hydroxylation sites is 2. The quantitative estimate of drug-likeness (QED) is 0.366. The molecule has 0 aliphatic carbocycles. The molecule has 6 heteroatoms. The van der Waals surface area contributed by atoms with Crippen LogP contribution in [0.1, 0.15) is 27.2 Å². The summed E-state index contributed by atoms with van der Waals surface area (Å²) in [6.07, 6.45) is 3.41. The van der Waals surface area contributed by atoms with Gasteiger partial charge < -0.3 is 9.73 Å². The number of fused-ring (bicyclic) bond motifs is 1. The largest absolute Gasteiger partial charge is 0.451 e. The van der Waals surface area contributed by atoms with E-state index in [9.17, 15) is 4.79 Å². The highest BCUT2D eigenvalue weighted by atomic mass is 32.2. The molecule has 2 aromatic heterocycles. The third-order valence-corrected chi connectivity index (χ3v) is 5.41. The van der Waals surface area contributed by atoms with Crippen LogP contribution in [0.15, 0.2) is 70.5 Å². The van der Waals surface area contributed by atoms with Gasteiger partial charge in [0, 0.05) is 34.8 Å². The molecule has 140 valence electrons. The molecule has 2 heterocycles. The molecule has 0 spiro atoms. The summed E-state index contributed by atoms with van der Waals surface area (Å²) in [5.41, 5.74) is 4.38. The number of benzene rings is 2. The topological polar surface area (TPSA) is 68.0 Å². The number of amides is 1. The number of aromatic nitrogens is 2. The lowest BCUT2D eigenvalue weighted by Gasteiger charge is -2.11. The Balaban J connectivity index is 1.68. The van der Waals surface area contributed by atoms with Crippen molar-refractivity contribution in [2.24, 2.45) is 0 Å². The number of furan rings is 1. The number of aryl methyl sites for hydroxylation is 2. The fourth-order valence-corrected chi connectivity index (χ4v) is 3.93. The Labute approximate surface area is 167 Å². The summed E-state index contributed by atoms with van der Waals surface area (Å²) in [7, 11) is 0. The second-order valence-corrected chi connectivity index (χ2v) is 7.39. The molecule has 28 heavy (non-hydrogen) atoms. The molecule has 0 saturated carbocycles. The summed E-state index contributed by atoms with van der Waals surface area (Å²) < 4.78 is 5.94. The van der Waals surface area contributed by atoms with Gasteiger partial charge in [-0.15, -0.1) is 0 Å². The van der Waals surface area contributed by atoms with Gasteiger partial charge in [-0.25, -0.2) is 9.97 Å². The van der Waals surface area contributed by atoms with Crippen molar-refractivity contribution in [2.45, 2.75) is 24.8 Å². The van der Waals surface area contributed by atoms with E-state index in [1.807, 2.05) is 56.3 Å². The highest BCUT2D eigenvalue weighted by molar-refractivity contribution is 7.98. The zero-order chi connectivity index (χ0) is 19.5. The molecule has 0 atom stereocenters. The molecule has 2 aromatic carbocycles. The average molecular weight is 389 g/mol. The van der Waals surface area contributed by atoms with E-state index in [-0.39, 0.29) is 5.91 Å². The van der Waals surface area contributed by atoms with Gasteiger partial charge in [0.1, 0.15) is 5.58 Å². The van der Waals surface area contributed by atoms with Gasteiger partial charge in [0.05, 0.1) is 0 Å². The Morgan fingerprint density at radius 1 is 1.00 bits per heavy atom. The van der Waals surface area contributed by atoms with Gasteiger partial charge in [0.25, 0.3) is 5.91 Å². The van der Waals surface area contributed by atoms with E-state index in [1.165, 1.54) is 11.8 Å². The number of nitrogens with one attached hydrogen (secondary N) is 1. The first-order valence-electron chi connectivity index (χ1n) is 8.91. The molecule has 4 aromatic rings. The van der Waals surface area contributed by atoms with Crippen LogP contribution in [0, 0.1) is 13.8 Å². The maximum atomic E-state index is 13.1. The number of hydrogen-bond acceptors (Lipinski definition) is 5. The third kappa shape index (κ3) is 3.64. The summed E-state index contributed by atoms with van der Waals surface area (Å²) in [5.74, 6) is 0.613. The van der Waals surface area contributed by atoms with Crippen LogP contribution in [-0.4, -0.2) is 15.9 Å². The lowest BCUT2D eigenvalue weighted by atomic mass is 10.1. The lowest BCUT2D eigenvalue weighted by Crippen LogP contribution is -2.14. The van der Waals surface area contributed by atoms with Crippen LogP contribution in [0.5, 0.6) is 0 Å². The molecule has 0 bridgehead atoms. The van der Waals surface area contributed by atoms with Crippen molar-refractivity contribution in [1.82, 2.24) is 9.97 Å². The van der Waals surface area contributed by atoms with Crippen LogP contribution in [0.4, 0.5) is 5.69 Å². The molecule has 0 unspecified atom stereocenters. The van der Waals surface area contributed by atoms with Crippen LogP contribution >= 0.6 is 11.8 Å². The summed E-state index contributed by atoms with van der Waals surface area (Å²) in [5, 5.41) is 4.61. The summed E-state index contributed by atoms with van der Waals surface area (Å²) in [4.78, 5) is 21.6. The fraction of sp³-hybridized carbons (Fsp3) is 0.136. The predicted octanol–water partition coefficient (Wildman–Crippen LogP) is 5.38. The van der Waals surface area contributed by atoms with Gasteiger partial charge in [-0.2, -0.15) is 0 Å². The maximum Gasteiger partial charge on any atom is 0.291 e. The van der Waals surface area contributed by atoms with Crippen molar-refractivity contribution in [3.8, 4) is 0 Å². The van der Waals surface area contributed by atoms with Gasteiger partial charge in [-0.1, -0.05) is 48.2 Å². The smallest absolute Gasteiger partial charge is 0.291 e. The highest BCUT2D eigenvalue weighted by Gasteiger charge is 2.22. The van der Waals surface area contributed by atoms with E-state index in [0.717, 1.165) is 27.8 Å². The van der Waals surface area contributed by atoms with Crippen molar-refractivity contribution >= 4 is 34.3 Å². The summed E-state index contributed by atoms with van der Waals surface area (Å²) in [6, 6.07) is 15.4. The van der Waals surface area contributed by atoms with Crippen molar-refractivity contribution in [3.05, 3.63) is 83.4 Å². The zero-order valence-corrected chi connectivity index (χ0v) is 16.4. The normalized spacial score (nSPS) is 10.9. The number of thioether (sulfide) groups is 1. The Morgan fingerprint density at radius 3 is 2.46 bits per heavy atom. The maximum absolute atomic E-state index is 13.1. The van der Waals surface area contributed by atoms with Crippen molar-refractivity contribution in [3.63, 3.8) is 0 Å². The SMILES string of the molecule is Cc1cccc(C)c1NC(=O)c1oc2ccccc2c1CSc1ncccn1. The van der Waals surface area contributed by atoms with Crippen LogP contribution in [0.2, 0.25) is 0 Å². The lowest BCUT2D eigenvalue weighted by molar-refractivity contribution is 0.0997. The molecule has 0 aliphatic heterocycles. The minimum atomic E-state index is -0.252.